The number of anilines is 1. The maximum atomic E-state index is 12.8. The molecule has 1 aliphatic rings. The highest BCUT2D eigenvalue weighted by Gasteiger charge is 2.18. The number of hydrogen-bond acceptors (Lipinski definition) is 2. The van der Waals surface area contributed by atoms with Gasteiger partial charge in [-0.05, 0) is 52.6 Å². The number of nitrogens with one attached hydrogen (secondary N) is 1. The molecule has 3 aromatic rings. The molecule has 0 spiro atoms. The molecule has 0 saturated heterocycles. The lowest BCUT2D eigenvalue weighted by Crippen LogP contribution is -2.27. The van der Waals surface area contributed by atoms with E-state index in [2.05, 4.69) is 35.6 Å². The maximum Gasteiger partial charge on any atom is 0.253 e. The summed E-state index contributed by atoms with van der Waals surface area (Å²) in [6.07, 6.45) is 1.15. The first-order valence-electron chi connectivity index (χ1n) is 8.76. The molecule has 1 N–H and O–H groups in total. The standard InChI is InChI=1S/C22H20N2O2/c1-24(14-15-6-7-16-4-2-3-5-17(16)12-15)22(26)19-8-10-20-18(13-19)9-11-21(25)23-20/h2-8,10,12-13H,9,11,14H2,1H3,(H,23,25). The summed E-state index contributed by atoms with van der Waals surface area (Å²) in [4.78, 5) is 26.0. The van der Waals surface area contributed by atoms with E-state index in [4.69, 9.17) is 0 Å². The van der Waals surface area contributed by atoms with E-state index >= 15 is 0 Å². The lowest BCUT2D eigenvalue weighted by molar-refractivity contribution is -0.116. The number of rotatable bonds is 3. The zero-order valence-electron chi connectivity index (χ0n) is 14.7. The zero-order valence-corrected chi connectivity index (χ0v) is 14.7. The average molecular weight is 344 g/mol. The Hall–Kier alpha value is -3.14. The van der Waals surface area contributed by atoms with Gasteiger partial charge in [0.25, 0.3) is 5.91 Å². The van der Waals surface area contributed by atoms with Gasteiger partial charge in [0.15, 0.2) is 0 Å². The minimum atomic E-state index is -0.0159. The van der Waals surface area contributed by atoms with Crippen LogP contribution < -0.4 is 5.32 Å². The minimum absolute atomic E-state index is 0.0159. The lowest BCUT2D eigenvalue weighted by Gasteiger charge is -2.20. The number of fused-ring (bicyclic) bond motifs is 2. The van der Waals surface area contributed by atoms with Gasteiger partial charge in [-0.2, -0.15) is 0 Å². The fourth-order valence-corrected chi connectivity index (χ4v) is 3.42. The molecular weight excluding hydrogens is 324 g/mol. The first-order chi connectivity index (χ1) is 12.6. The van der Waals surface area contributed by atoms with Crippen LogP contribution in [-0.2, 0) is 17.8 Å². The van der Waals surface area contributed by atoms with Crippen LogP contribution in [0.2, 0.25) is 0 Å². The van der Waals surface area contributed by atoms with E-state index in [0.29, 0.717) is 24.9 Å². The quantitative estimate of drug-likeness (QED) is 0.781. The van der Waals surface area contributed by atoms with Crippen molar-refractivity contribution in [3.05, 3.63) is 77.4 Å². The highest BCUT2D eigenvalue weighted by atomic mass is 16.2. The van der Waals surface area contributed by atoms with Crippen LogP contribution in [0.25, 0.3) is 10.8 Å². The summed E-state index contributed by atoms with van der Waals surface area (Å²) in [5, 5.41) is 5.22. The van der Waals surface area contributed by atoms with Gasteiger partial charge in [-0.15, -0.1) is 0 Å². The Balaban J connectivity index is 1.53. The number of hydrogen-bond donors (Lipinski definition) is 1. The van der Waals surface area contributed by atoms with Crippen LogP contribution in [0.4, 0.5) is 5.69 Å². The van der Waals surface area contributed by atoms with Crippen molar-refractivity contribution in [3.8, 4) is 0 Å². The Kier molecular flexibility index (Phi) is 4.17. The van der Waals surface area contributed by atoms with Crippen molar-refractivity contribution in [2.24, 2.45) is 0 Å². The predicted molar refractivity (Wildman–Crippen MR) is 103 cm³/mol. The molecule has 0 fully saturated rings. The molecule has 0 radical (unpaired) electrons. The third-order valence-corrected chi connectivity index (χ3v) is 4.83. The molecule has 130 valence electrons. The molecule has 3 aromatic carbocycles. The number of carbonyl (C=O) groups excluding carboxylic acids is 2. The Bertz CT molecular complexity index is 1010. The summed E-state index contributed by atoms with van der Waals surface area (Å²) < 4.78 is 0. The van der Waals surface area contributed by atoms with Crippen LogP contribution in [0, 0.1) is 0 Å². The van der Waals surface area contributed by atoms with Crippen molar-refractivity contribution in [2.45, 2.75) is 19.4 Å². The molecule has 0 unspecified atom stereocenters. The monoisotopic (exact) mass is 344 g/mol. The molecule has 0 aliphatic carbocycles. The summed E-state index contributed by atoms with van der Waals surface area (Å²) in [5.41, 5.74) is 3.59. The molecule has 1 aliphatic heterocycles. The second kappa shape index (κ2) is 6.64. The number of amides is 2. The first-order valence-corrected chi connectivity index (χ1v) is 8.76. The molecule has 4 heteroatoms. The smallest absolute Gasteiger partial charge is 0.253 e. The fourth-order valence-electron chi connectivity index (χ4n) is 3.42. The predicted octanol–water partition coefficient (Wildman–Crippen LogP) is 4.00. The van der Waals surface area contributed by atoms with Crippen LogP contribution in [0.1, 0.15) is 27.9 Å². The van der Waals surface area contributed by atoms with Crippen molar-refractivity contribution < 1.29 is 9.59 Å². The number of carbonyl (C=O) groups is 2. The Morgan fingerprint density at radius 3 is 2.65 bits per heavy atom. The molecule has 1 heterocycles. The molecule has 0 atom stereocenters. The van der Waals surface area contributed by atoms with Crippen molar-refractivity contribution in [1.29, 1.82) is 0 Å². The third-order valence-electron chi connectivity index (χ3n) is 4.83. The number of benzene rings is 3. The number of aryl methyl sites for hydroxylation is 1. The van der Waals surface area contributed by atoms with E-state index < -0.39 is 0 Å². The van der Waals surface area contributed by atoms with Gasteiger partial charge < -0.3 is 10.2 Å². The molecule has 4 rings (SSSR count). The van der Waals surface area contributed by atoms with Gasteiger partial charge in [-0.3, -0.25) is 9.59 Å². The van der Waals surface area contributed by atoms with Gasteiger partial charge in [-0.25, -0.2) is 0 Å². The van der Waals surface area contributed by atoms with Crippen molar-refractivity contribution >= 4 is 28.3 Å². The van der Waals surface area contributed by atoms with Crippen LogP contribution in [-0.4, -0.2) is 23.8 Å². The first kappa shape index (κ1) is 16.3. The molecular formula is C22H20N2O2. The molecule has 0 bridgehead atoms. The third kappa shape index (κ3) is 3.18. The second-order valence-corrected chi connectivity index (χ2v) is 6.76. The van der Waals surface area contributed by atoms with Gasteiger partial charge in [0, 0.05) is 31.3 Å². The molecule has 0 saturated carbocycles. The maximum absolute atomic E-state index is 12.8. The van der Waals surface area contributed by atoms with E-state index in [1.165, 1.54) is 10.8 Å². The molecule has 4 nitrogen and oxygen atoms in total. The minimum Gasteiger partial charge on any atom is -0.337 e. The van der Waals surface area contributed by atoms with Crippen LogP contribution in [0.15, 0.2) is 60.7 Å². The van der Waals surface area contributed by atoms with Crippen LogP contribution in [0.3, 0.4) is 0 Å². The van der Waals surface area contributed by atoms with Gasteiger partial charge in [0.2, 0.25) is 5.91 Å². The van der Waals surface area contributed by atoms with Gasteiger partial charge in [0.1, 0.15) is 0 Å². The summed E-state index contributed by atoms with van der Waals surface area (Å²) in [7, 11) is 1.82. The highest BCUT2D eigenvalue weighted by molar-refractivity contribution is 5.98. The van der Waals surface area contributed by atoms with E-state index in [-0.39, 0.29) is 11.8 Å². The summed E-state index contributed by atoms with van der Waals surface area (Å²) in [6.45, 7) is 0.553. The Morgan fingerprint density at radius 2 is 1.81 bits per heavy atom. The summed E-state index contributed by atoms with van der Waals surface area (Å²) >= 11 is 0. The van der Waals surface area contributed by atoms with Crippen LogP contribution >= 0.6 is 0 Å². The van der Waals surface area contributed by atoms with Gasteiger partial charge in [-0.1, -0.05) is 36.4 Å². The highest BCUT2D eigenvalue weighted by Crippen LogP contribution is 2.24. The fraction of sp³-hybridized carbons (Fsp3) is 0.182. The summed E-state index contributed by atoms with van der Waals surface area (Å²) in [5.74, 6) is 0.0165. The topological polar surface area (TPSA) is 49.4 Å². The zero-order chi connectivity index (χ0) is 18.1. The van der Waals surface area contributed by atoms with E-state index in [1.807, 2.05) is 31.3 Å². The van der Waals surface area contributed by atoms with E-state index in [9.17, 15) is 9.59 Å². The van der Waals surface area contributed by atoms with Gasteiger partial charge >= 0.3 is 0 Å². The summed E-state index contributed by atoms with van der Waals surface area (Å²) in [6, 6.07) is 20.0. The Morgan fingerprint density at radius 1 is 1.00 bits per heavy atom. The normalized spacial score (nSPS) is 13.2. The largest absolute Gasteiger partial charge is 0.337 e. The average Bonchev–Trinajstić information content (AvgIpc) is 2.67. The number of nitrogens with zero attached hydrogens (tertiary/aromatic N) is 1. The lowest BCUT2D eigenvalue weighted by atomic mass is 10.00. The van der Waals surface area contributed by atoms with Crippen LogP contribution in [0.5, 0.6) is 0 Å². The van der Waals surface area contributed by atoms with Crippen molar-refractivity contribution in [3.63, 3.8) is 0 Å². The van der Waals surface area contributed by atoms with Crippen molar-refractivity contribution in [1.82, 2.24) is 4.90 Å². The van der Waals surface area contributed by atoms with E-state index in [1.54, 1.807) is 11.0 Å². The van der Waals surface area contributed by atoms with Gasteiger partial charge in [0.05, 0.1) is 0 Å². The second-order valence-electron chi connectivity index (χ2n) is 6.76. The molecule has 26 heavy (non-hydrogen) atoms. The Labute approximate surface area is 152 Å². The molecule has 0 aromatic heterocycles. The van der Waals surface area contributed by atoms with E-state index in [0.717, 1.165) is 16.8 Å². The molecule has 2 amide bonds. The van der Waals surface area contributed by atoms with Crippen molar-refractivity contribution in [2.75, 3.05) is 12.4 Å². The SMILES string of the molecule is CN(Cc1ccc2ccccc2c1)C(=O)c1ccc2c(c1)CCC(=O)N2.